The van der Waals surface area contributed by atoms with Gasteiger partial charge in [0.25, 0.3) is 5.91 Å². The van der Waals surface area contributed by atoms with Crippen LogP contribution in [-0.2, 0) is 9.59 Å². The summed E-state index contributed by atoms with van der Waals surface area (Å²) in [6.45, 7) is 2.76. The van der Waals surface area contributed by atoms with E-state index in [4.69, 9.17) is 4.74 Å². The number of aryl methyl sites for hydroxylation is 1. The van der Waals surface area contributed by atoms with Crippen LogP contribution in [0.4, 0.5) is 0 Å². The third-order valence-electron chi connectivity index (χ3n) is 5.25. The number of aromatic hydroxyl groups is 1. The highest BCUT2D eigenvalue weighted by atomic mass is 16.5. The van der Waals surface area contributed by atoms with Gasteiger partial charge in [-0.3, -0.25) is 9.59 Å². The number of ketones is 1. The Morgan fingerprint density at radius 1 is 1.17 bits per heavy atom. The van der Waals surface area contributed by atoms with E-state index in [1.165, 1.54) is 17.0 Å². The van der Waals surface area contributed by atoms with E-state index in [-0.39, 0.29) is 11.3 Å². The third kappa shape index (κ3) is 4.02. The molecule has 1 aliphatic rings. The van der Waals surface area contributed by atoms with Crippen molar-refractivity contribution in [1.82, 2.24) is 4.90 Å². The number of nitrogens with zero attached hydrogens (tertiary/aromatic N) is 1. The molecule has 2 aromatic carbocycles. The van der Waals surface area contributed by atoms with Crippen molar-refractivity contribution in [1.29, 1.82) is 0 Å². The number of ether oxygens (including phenoxy) is 1. The number of phenolic OH excluding ortho intramolecular Hbond substituents is 1. The first-order chi connectivity index (χ1) is 14.2. The molecule has 7 heteroatoms. The SMILES string of the molecule is COc1ccc(/C([O-])=C2\C(=O)C(=O)N(CC[NH+](C)C)C2c2ccc(O)cc2)cc1C. The Labute approximate surface area is 175 Å². The fraction of sp³-hybridized carbons (Fsp3) is 0.304. The predicted octanol–water partition coefficient (Wildman–Crippen LogP) is 0.0777. The molecule has 1 amide bonds. The van der Waals surface area contributed by atoms with Crippen molar-refractivity contribution in [3.8, 4) is 11.5 Å². The second kappa shape index (κ2) is 8.59. The van der Waals surface area contributed by atoms with E-state index in [1.54, 1.807) is 37.4 Å². The molecule has 1 heterocycles. The molecule has 0 saturated carbocycles. The maximum absolute atomic E-state index is 13.4. The number of nitrogens with one attached hydrogen (secondary N) is 1. The van der Waals surface area contributed by atoms with Crippen molar-refractivity contribution < 1.29 is 29.4 Å². The van der Waals surface area contributed by atoms with Gasteiger partial charge in [0.1, 0.15) is 11.5 Å². The second-order valence-electron chi connectivity index (χ2n) is 7.71. The van der Waals surface area contributed by atoms with Gasteiger partial charge in [-0.1, -0.05) is 24.0 Å². The van der Waals surface area contributed by atoms with E-state index in [1.807, 2.05) is 21.0 Å². The van der Waals surface area contributed by atoms with Crippen LogP contribution in [0.2, 0.25) is 0 Å². The summed E-state index contributed by atoms with van der Waals surface area (Å²) >= 11 is 0. The molecule has 3 rings (SSSR count). The van der Waals surface area contributed by atoms with Gasteiger partial charge in [0.2, 0.25) is 5.78 Å². The number of quaternary nitrogens is 1. The molecular formula is C23H26N2O5. The number of hydrogen-bond donors (Lipinski definition) is 2. The summed E-state index contributed by atoms with van der Waals surface area (Å²) in [6, 6.07) is 10.4. The lowest BCUT2D eigenvalue weighted by Gasteiger charge is -2.28. The third-order valence-corrected chi connectivity index (χ3v) is 5.25. The zero-order valence-electron chi connectivity index (χ0n) is 17.6. The van der Waals surface area contributed by atoms with Crippen LogP contribution in [0.15, 0.2) is 48.0 Å². The minimum absolute atomic E-state index is 0.0657. The van der Waals surface area contributed by atoms with Gasteiger partial charge in [-0.15, -0.1) is 0 Å². The van der Waals surface area contributed by atoms with Crippen molar-refractivity contribution in [3.05, 3.63) is 64.7 Å². The lowest BCUT2D eigenvalue weighted by molar-refractivity contribution is -0.857. The number of benzene rings is 2. The maximum atomic E-state index is 13.4. The lowest BCUT2D eigenvalue weighted by Crippen LogP contribution is -3.06. The largest absolute Gasteiger partial charge is 0.872 e. The Morgan fingerprint density at radius 2 is 1.83 bits per heavy atom. The van der Waals surface area contributed by atoms with Crippen LogP contribution in [0.3, 0.4) is 0 Å². The zero-order valence-corrected chi connectivity index (χ0v) is 17.6. The van der Waals surface area contributed by atoms with Crippen molar-refractivity contribution in [2.24, 2.45) is 0 Å². The number of hydrogen-bond acceptors (Lipinski definition) is 5. The standard InChI is InChI=1S/C23H26N2O5/c1-14-13-16(7-10-18(14)30-4)21(27)19-20(15-5-8-17(26)9-6-15)25(12-11-24(2)3)23(29)22(19)28/h5-10,13,20,26-27H,11-12H2,1-4H3/b21-19+. The van der Waals surface area contributed by atoms with E-state index in [0.29, 0.717) is 30.0 Å². The number of methoxy groups -OCH3 is 1. The summed E-state index contributed by atoms with van der Waals surface area (Å²) in [4.78, 5) is 28.3. The molecular weight excluding hydrogens is 384 g/mol. The molecule has 30 heavy (non-hydrogen) atoms. The van der Waals surface area contributed by atoms with Gasteiger partial charge < -0.3 is 24.7 Å². The highest BCUT2D eigenvalue weighted by Crippen LogP contribution is 2.39. The molecule has 0 spiro atoms. The highest BCUT2D eigenvalue weighted by Gasteiger charge is 2.44. The van der Waals surface area contributed by atoms with Crippen molar-refractivity contribution in [2.75, 3.05) is 34.3 Å². The van der Waals surface area contributed by atoms with Gasteiger partial charge in [0.15, 0.2) is 0 Å². The van der Waals surface area contributed by atoms with Gasteiger partial charge >= 0.3 is 0 Å². The summed E-state index contributed by atoms with van der Waals surface area (Å²) in [6.07, 6.45) is 0. The number of rotatable bonds is 6. The van der Waals surface area contributed by atoms with Crippen molar-refractivity contribution in [2.45, 2.75) is 13.0 Å². The topological polar surface area (TPSA) is 94.3 Å². The molecule has 158 valence electrons. The number of likely N-dealkylation sites (tertiary alicyclic amines) is 1. The molecule has 0 radical (unpaired) electrons. The second-order valence-corrected chi connectivity index (χ2v) is 7.71. The number of amides is 1. The van der Waals surface area contributed by atoms with E-state index >= 15 is 0 Å². The number of Topliss-reactive ketones (excluding diaryl/α,β-unsaturated/α-hetero) is 1. The summed E-state index contributed by atoms with van der Waals surface area (Å²) in [5.74, 6) is -1.23. The quantitative estimate of drug-likeness (QED) is 0.400. The molecule has 2 N–H and O–H groups in total. The minimum atomic E-state index is -0.792. The Morgan fingerprint density at radius 3 is 2.40 bits per heavy atom. The van der Waals surface area contributed by atoms with E-state index in [2.05, 4.69) is 0 Å². The van der Waals surface area contributed by atoms with E-state index in [9.17, 15) is 19.8 Å². The molecule has 1 atom stereocenters. The molecule has 1 aliphatic heterocycles. The lowest BCUT2D eigenvalue weighted by atomic mass is 9.94. The first-order valence-corrected chi connectivity index (χ1v) is 9.74. The molecule has 0 aromatic heterocycles. The predicted molar refractivity (Wildman–Crippen MR) is 110 cm³/mol. The Balaban J connectivity index is 2.14. The number of carbonyl (C=O) groups excluding carboxylic acids is 2. The van der Waals surface area contributed by atoms with Crippen molar-refractivity contribution in [3.63, 3.8) is 0 Å². The normalized spacial score (nSPS) is 18.3. The first kappa shape index (κ1) is 21.4. The Kier molecular flexibility index (Phi) is 6.12. The van der Waals surface area contributed by atoms with E-state index < -0.39 is 23.5 Å². The highest BCUT2D eigenvalue weighted by molar-refractivity contribution is 6.46. The molecule has 1 unspecified atom stereocenters. The number of carbonyl (C=O) groups is 2. The molecule has 1 saturated heterocycles. The van der Waals surface area contributed by atoms with Gasteiger partial charge in [-0.2, -0.15) is 0 Å². The van der Waals surface area contributed by atoms with Gasteiger partial charge in [0.05, 0.1) is 40.3 Å². The monoisotopic (exact) mass is 410 g/mol. The first-order valence-electron chi connectivity index (χ1n) is 9.74. The van der Waals surface area contributed by atoms with Crippen LogP contribution in [0.5, 0.6) is 11.5 Å². The minimum Gasteiger partial charge on any atom is -0.872 e. The van der Waals surface area contributed by atoms with Gasteiger partial charge in [-0.25, -0.2) is 0 Å². The summed E-state index contributed by atoms with van der Waals surface area (Å²) in [5, 5.41) is 23.0. The van der Waals surface area contributed by atoms with Crippen LogP contribution in [0.25, 0.3) is 5.76 Å². The fourth-order valence-corrected chi connectivity index (χ4v) is 3.62. The summed E-state index contributed by atoms with van der Waals surface area (Å²) < 4.78 is 5.24. The average Bonchev–Trinajstić information content (AvgIpc) is 2.96. The molecule has 1 fully saturated rings. The van der Waals surface area contributed by atoms with E-state index in [0.717, 1.165) is 10.5 Å². The van der Waals surface area contributed by atoms with Gasteiger partial charge in [0, 0.05) is 5.57 Å². The smallest absolute Gasteiger partial charge is 0.295 e. The zero-order chi connectivity index (χ0) is 22.0. The van der Waals surface area contributed by atoms with Crippen LogP contribution in [0.1, 0.15) is 22.7 Å². The summed E-state index contributed by atoms with van der Waals surface area (Å²) in [7, 11) is 5.45. The van der Waals surface area contributed by atoms with Gasteiger partial charge in [-0.05, 0) is 47.9 Å². The van der Waals surface area contributed by atoms with Crippen molar-refractivity contribution >= 4 is 17.4 Å². The molecule has 7 nitrogen and oxygen atoms in total. The molecule has 0 aliphatic carbocycles. The van der Waals surface area contributed by atoms with Crippen LogP contribution in [0, 0.1) is 6.92 Å². The Bertz CT molecular complexity index is 995. The number of likely N-dealkylation sites (N-methyl/N-ethyl adjacent to an activating group) is 1. The molecule has 0 bridgehead atoms. The van der Waals surface area contributed by atoms with Crippen LogP contribution in [-0.4, -0.2) is 56.0 Å². The Hall–Kier alpha value is -3.32. The average molecular weight is 410 g/mol. The van der Waals surface area contributed by atoms with Crippen LogP contribution < -0.4 is 14.7 Å². The molecule has 2 aromatic rings. The number of phenols is 1. The van der Waals surface area contributed by atoms with Crippen LogP contribution >= 0.6 is 0 Å². The maximum Gasteiger partial charge on any atom is 0.295 e. The summed E-state index contributed by atoms with van der Waals surface area (Å²) in [5.41, 5.74) is 1.63. The fourth-order valence-electron chi connectivity index (χ4n) is 3.62.